The lowest BCUT2D eigenvalue weighted by Crippen LogP contribution is -2.15. The highest BCUT2D eigenvalue weighted by Gasteiger charge is 2.09. The van der Waals surface area contributed by atoms with Gasteiger partial charge in [0, 0.05) is 18.4 Å². The van der Waals surface area contributed by atoms with Gasteiger partial charge >= 0.3 is 0 Å². The third-order valence-corrected chi connectivity index (χ3v) is 3.75. The second-order valence-electron chi connectivity index (χ2n) is 5.61. The average Bonchev–Trinajstić information content (AvgIpc) is 2.73. The number of methoxy groups -OCH3 is 1. The molecule has 134 valence electrons. The van der Waals surface area contributed by atoms with Crippen LogP contribution in [0.25, 0.3) is 0 Å². The molecule has 1 aromatic heterocycles. The Kier molecular flexibility index (Phi) is 5.60. The Labute approximate surface area is 156 Å². The van der Waals surface area contributed by atoms with E-state index >= 15 is 0 Å². The van der Waals surface area contributed by atoms with Gasteiger partial charge in [0.05, 0.1) is 18.7 Å². The van der Waals surface area contributed by atoms with Gasteiger partial charge in [0.1, 0.15) is 11.4 Å². The molecule has 7 heteroatoms. The SMILES string of the molecule is COc1ccc(CNc2nccc(C(=O)Nc3cccc(C#N)c3)n2)cc1. The van der Waals surface area contributed by atoms with Gasteiger partial charge in [-0.25, -0.2) is 9.97 Å². The summed E-state index contributed by atoms with van der Waals surface area (Å²) in [6, 6.07) is 17.9. The van der Waals surface area contributed by atoms with Crippen LogP contribution in [-0.4, -0.2) is 23.0 Å². The van der Waals surface area contributed by atoms with Crippen LogP contribution < -0.4 is 15.4 Å². The number of hydrogen-bond donors (Lipinski definition) is 2. The number of carbonyl (C=O) groups is 1. The molecule has 0 aliphatic rings. The molecule has 0 radical (unpaired) electrons. The molecule has 0 atom stereocenters. The molecule has 0 aliphatic carbocycles. The summed E-state index contributed by atoms with van der Waals surface area (Å²) in [6.07, 6.45) is 1.52. The van der Waals surface area contributed by atoms with Crippen molar-refractivity contribution in [2.75, 3.05) is 17.7 Å². The van der Waals surface area contributed by atoms with E-state index in [0.29, 0.717) is 23.7 Å². The molecule has 0 spiro atoms. The molecular formula is C20H17N5O2. The molecule has 1 heterocycles. The topological polar surface area (TPSA) is 99.9 Å². The molecule has 3 aromatic rings. The van der Waals surface area contributed by atoms with Crippen LogP contribution in [0, 0.1) is 11.3 Å². The fourth-order valence-corrected chi connectivity index (χ4v) is 2.36. The van der Waals surface area contributed by atoms with Crippen LogP contribution in [0.4, 0.5) is 11.6 Å². The summed E-state index contributed by atoms with van der Waals surface area (Å²) in [4.78, 5) is 20.8. The molecule has 7 nitrogen and oxygen atoms in total. The van der Waals surface area contributed by atoms with Crippen LogP contribution in [0.5, 0.6) is 5.75 Å². The number of nitriles is 1. The van der Waals surface area contributed by atoms with Gasteiger partial charge in [-0.05, 0) is 42.0 Å². The largest absolute Gasteiger partial charge is 0.497 e. The van der Waals surface area contributed by atoms with Crippen molar-refractivity contribution in [1.82, 2.24) is 9.97 Å². The molecule has 2 N–H and O–H groups in total. The first-order valence-corrected chi connectivity index (χ1v) is 8.19. The maximum atomic E-state index is 12.4. The van der Waals surface area contributed by atoms with Crippen molar-refractivity contribution >= 4 is 17.5 Å². The molecule has 0 unspecified atom stereocenters. The summed E-state index contributed by atoms with van der Waals surface area (Å²) < 4.78 is 5.13. The van der Waals surface area contributed by atoms with Gasteiger partial charge in [-0.3, -0.25) is 4.79 Å². The van der Waals surface area contributed by atoms with Gasteiger partial charge < -0.3 is 15.4 Å². The van der Waals surface area contributed by atoms with E-state index in [2.05, 4.69) is 20.6 Å². The molecule has 0 fully saturated rings. The third-order valence-electron chi connectivity index (χ3n) is 3.75. The standard InChI is InChI=1S/C20H17N5O2/c1-27-17-7-5-14(6-8-17)13-23-20-22-10-9-18(25-20)19(26)24-16-4-2-3-15(11-16)12-21/h2-11H,13H2,1H3,(H,24,26)(H,22,23,25). The maximum absolute atomic E-state index is 12.4. The molecule has 2 aromatic carbocycles. The van der Waals surface area contributed by atoms with Crippen molar-refractivity contribution in [3.8, 4) is 11.8 Å². The summed E-state index contributed by atoms with van der Waals surface area (Å²) in [5.74, 6) is 0.762. The number of amides is 1. The predicted octanol–water partition coefficient (Wildman–Crippen LogP) is 3.22. The predicted molar refractivity (Wildman–Crippen MR) is 101 cm³/mol. The summed E-state index contributed by atoms with van der Waals surface area (Å²) in [6.45, 7) is 0.513. The number of ether oxygens (including phenoxy) is 1. The van der Waals surface area contributed by atoms with Crippen LogP contribution in [0.3, 0.4) is 0 Å². The van der Waals surface area contributed by atoms with Gasteiger partial charge in [-0.1, -0.05) is 18.2 Å². The van der Waals surface area contributed by atoms with Crippen molar-refractivity contribution < 1.29 is 9.53 Å². The Morgan fingerprint density at radius 1 is 1.19 bits per heavy atom. The normalized spacial score (nSPS) is 9.93. The number of benzene rings is 2. The number of rotatable bonds is 6. The van der Waals surface area contributed by atoms with Crippen LogP contribution in [0.15, 0.2) is 60.8 Å². The summed E-state index contributed by atoms with van der Waals surface area (Å²) >= 11 is 0. The highest BCUT2D eigenvalue weighted by Crippen LogP contribution is 2.13. The zero-order valence-electron chi connectivity index (χ0n) is 14.6. The number of nitrogens with one attached hydrogen (secondary N) is 2. The van der Waals surface area contributed by atoms with Gasteiger partial charge in [0.15, 0.2) is 0 Å². The second kappa shape index (κ2) is 8.45. The molecule has 3 rings (SSSR count). The van der Waals surface area contributed by atoms with E-state index in [4.69, 9.17) is 10.00 Å². The fourth-order valence-electron chi connectivity index (χ4n) is 2.36. The Balaban J connectivity index is 1.65. The van der Waals surface area contributed by atoms with E-state index in [1.54, 1.807) is 31.4 Å². The van der Waals surface area contributed by atoms with E-state index in [0.717, 1.165) is 11.3 Å². The van der Waals surface area contributed by atoms with Crippen molar-refractivity contribution in [2.24, 2.45) is 0 Å². The van der Waals surface area contributed by atoms with E-state index < -0.39 is 0 Å². The van der Waals surface area contributed by atoms with Gasteiger partial charge in [0.2, 0.25) is 5.95 Å². The molecule has 0 bridgehead atoms. The molecular weight excluding hydrogens is 342 g/mol. The first kappa shape index (κ1) is 17.9. The van der Waals surface area contributed by atoms with Crippen LogP contribution in [-0.2, 0) is 6.54 Å². The third kappa shape index (κ3) is 4.80. The average molecular weight is 359 g/mol. The zero-order chi connectivity index (χ0) is 19.1. The number of aromatic nitrogens is 2. The molecule has 1 amide bonds. The molecule has 0 saturated heterocycles. The number of carbonyl (C=O) groups excluding carboxylic acids is 1. The van der Waals surface area contributed by atoms with Crippen molar-refractivity contribution in [3.05, 3.63) is 77.6 Å². The number of nitrogens with zero attached hydrogens (tertiary/aromatic N) is 3. The fraction of sp³-hybridized carbons (Fsp3) is 0.100. The molecule has 0 saturated carbocycles. The monoisotopic (exact) mass is 359 g/mol. The van der Waals surface area contributed by atoms with E-state index in [-0.39, 0.29) is 11.6 Å². The van der Waals surface area contributed by atoms with Crippen molar-refractivity contribution in [1.29, 1.82) is 5.26 Å². The van der Waals surface area contributed by atoms with Crippen molar-refractivity contribution in [3.63, 3.8) is 0 Å². The maximum Gasteiger partial charge on any atom is 0.274 e. The lowest BCUT2D eigenvalue weighted by molar-refractivity contribution is 0.102. The Hall–Kier alpha value is -3.92. The smallest absolute Gasteiger partial charge is 0.274 e. The van der Waals surface area contributed by atoms with Crippen molar-refractivity contribution in [2.45, 2.75) is 6.54 Å². The summed E-state index contributed by atoms with van der Waals surface area (Å²) in [7, 11) is 1.62. The zero-order valence-corrected chi connectivity index (χ0v) is 14.6. The van der Waals surface area contributed by atoms with E-state index in [1.807, 2.05) is 30.3 Å². The lowest BCUT2D eigenvalue weighted by Gasteiger charge is -2.08. The Morgan fingerprint density at radius 3 is 2.74 bits per heavy atom. The van der Waals surface area contributed by atoms with Gasteiger partial charge in [-0.15, -0.1) is 0 Å². The minimum Gasteiger partial charge on any atom is -0.497 e. The quantitative estimate of drug-likeness (QED) is 0.701. The minimum atomic E-state index is -0.375. The second-order valence-corrected chi connectivity index (χ2v) is 5.61. The van der Waals surface area contributed by atoms with E-state index in [1.165, 1.54) is 12.3 Å². The molecule has 0 aliphatic heterocycles. The number of hydrogen-bond acceptors (Lipinski definition) is 6. The van der Waals surface area contributed by atoms with Crippen LogP contribution in [0.2, 0.25) is 0 Å². The first-order valence-electron chi connectivity index (χ1n) is 8.19. The summed E-state index contributed by atoms with van der Waals surface area (Å²) in [5, 5.41) is 14.7. The van der Waals surface area contributed by atoms with E-state index in [9.17, 15) is 4.79 Å². The van der Waals surface area contributed by atoms with Crippen LogP contribution >= 0.6 is 0 Å². The summed E-state index contributed by atoms with van der Waals surface area (Å²) in [5.41, 5.74) is 2.26. The lowest BCUT2D eigenvalue weighted by atomic mass is 10.2. The Morgan fingerprint density at radius 2 is 2.00 bits per heavy atom. The minimum absolute atomic E-state index is 0.226. The number of anilines is 2. The molecule has 27 heavy (non-hydrogen) atoms. The van der Waals surface area contributed by atoms with Crippen LogP contribution in [0.1, 0.15) is 21.6 Å². The highest BCUT2D eigenvalue weighted by molar-refractivity contribution is 6.03. The van der Waals surface area contributed by atoms with Gasteiger partial charge in [-0.2, -0.15) is 5.26 Å². The Bertz CT molecular complexity index is 980. The first-order chi connectivity index (χ1) is 13.2. The highest BCUT2D eigenvalue weighted by atomic mass is 16.5. The van der Waals surface area contributed by atoms with Gasteiger partial charge in [0.25, 0.3) is 5.91 Å².